The summed E-state index contributed by atoms with van der Waals surface area (Å²) in [4.78, 5) is 28.8. The minimum absolute atomic E-state index is 0.0284. The molecule has 0 radical (unpaired) electrons. The van der Waals surface area contributed by atoms with Crippen LogP contribution in [0.4, 0.5) is 10.1 Å². The van der Waals surface area contributed by atoms with Gasteiger partial charge in [-0.3, -0.25) is 9.59 Å². The first-order valence-electron chi connectivity index (χ1n) is 8.54. The largest absolute Gasteiger partial charge is 0.366 e. The molecule has 130 valence electrons. The third-order valence-electron chi connectivity index (χ3n) is 4.77. The lowest BCUT2D eigenvalue weighted by molar-refractivity contribution is -0.144. The number of anilines is 1. The van der Waals surface area contributed by atoms with Crippen LogP contribution in [0, 0.1) is 11.2 Å². The molecule has 5 nitrogen and oxygen atoms in total. The van der Waals surface area contributed by atoms with Crippen molar-refractivity contribution in [3.05, 3.63) is 30.1 Å². The third-order valence-corrected chi connectivity index (χ3v) is 4.77. The smallest absolute Gasteiger partial charge is 0.238 e. The topological polar surface area (TPSA) is 52.7 Å². The molecule has 2 aliphatic rings. The number of carbonyl (C=O) groups excluding carboxylic acids is 2. The predicted octanol–water partition coefficient (Wildman–Crippen LogP) is 1.78. The van der Waals surface area contributed by atoms with Crippen molar-refractivity contribution in [2.24, 2.45) is 5.41 Å². The Bertz CT molecular complexity index is 635. The Kier molecular flexibility index (Phi) is 4.47. The Balaban J connectivity index is 1.62. The van der Waals surface area contributed by atoms with Crippen molar-refractivity contribution < 1.29 is 14.0 Å². The van der Waals surface area contributed by atoms with E-state index < -0.39 is 5.41 Å². The SMILES string of the molecule is CC(C)NC(=O)C1(C(=O)N2CCN(c3ccccc3F)CC2)CC1. The van der Waals surface area contributed by atoms with Gasteiger partial charge in [0.2, 0.25) is 11.8 Å². The van der Waals surface area contributed by atoms with Gasteiger partial charge in [-0.2, -0.15) is 0 Å². The Morgan fingerprint density at radius 3 is 2.29 bits per heavy atom. The second-order valence-electron chi connectivity index (χ2n) is 6.94. The first-order valence-corrected chi connectivity index (χ1v) is 8.54. The molecule has 1 saturated carbocycles. The number of hydrogen-bond acceptors (Lipinski definition) is 3. The molecule has 1 aromatic rings. The average molecular weight is 333 g/mol. The first-order chi connectivity index (χ1) is 11.4. The molecule has 1 aliphatic carbocycles. The molecule has 0 atom stereocenters. The molecule has 1 heterocycles. The summed E-state index contributed by atoms with van der Waals surface area (Å²) in [6.45, 7) is 5.98. The fraction of sp³-hybridized carbons (Fsp3) is 0.556. The van der Waals surface area contributed by atoms with Crippen LogP contribution in [0.3, 0.4) is 0 Å². The van der Waals surface area contributed by atoms with E-state index in [2.05, 4.69) is 5.32 Å². The van der Waals surface area contributed by atoms with E-state index in [1.165, 1.54) is 6.07 Å². The number of para-hydroxylation sites is 1. The summed E-state index contributed by atoms with van der Waals surface area (Å²) in [5.74, 6) is -0.472. The van der Waals surface area contributed by atoms with Crippen molar-refractivity contribution in [3.8, 4) is 0 Å². The number of hydrogen-bond donors (Lipinski definition) is 1. The summed E-state index contributed by atoms with van der Waals surface area (Å²) in [5, 5.41) is 2.86. The minimum atomic E-state index is -0.857. The molecule has 6 heteroatoms. The first kappa shape index (κ1) is 16.7. The van der Waals surface area contributed by atoms with Crippen molar-refractivity contribution in [1.29, 1.82) is 0 Å². The van der Waals surface area contributed by atoms with Crippen LogP contribution in [-0.2, 0) is 9.59 Å². The highest BCUT2D eigenvalue weighted by molar-refractivity contribution is 6.08. The molecule has 1 saturated heterocycles. The maximum Gasteiger partial charge on any atom is 0.238 e. The molecule has 1 aliphatic heterocycles. The maximum atomic E-state index is 13.9. The van der Waals surface area contributed by atoms with Crippen molar-refractivity contribution in [2.75, 3.05) is 31.1 Å². The number of rotatable bonds is 4. The van der Waals surface area contributed by atoms with Crippen molar-refractivity contribution in [2.45, 2.75) is 32.7 Å². The lowest BCUT2D eigenvalue weighted by Crippen LogP contribution is -2.53. The Labute approximate surface area is 141 Å². The summed E-state index contributed by atoms with van der Waals surface area (Å²) in [5.41, 5.74) is -0.284. The molecule has 24 heavy (non-hydrogen) atoms. The van der Waals surface area contributed by atoms with E-state index in [1.54, 1.807) is 17.0 Å². The van der Waals surface area contributed by atoms with Crippen LogP contribution in [0.1, 0.15) is 26.7 Å². The number of nitrogens with one attached hydrogen (secondary N) is 1. The normalized spacial score (nSPS) is 19.3. The van der Waals surface area contributed by atoms with Crippen molar-refractivity contribution >= 4 is 17.5 Å². The number of carbonyl (C=O) groups is 2. The standard InChI is InChI=1S/C18H24FN3O2/c1-13(2)20-16(23)18(7-8-18)17(24)22-11-9-21(10-12-22)15-6-4-3-5-14(15)19/h3-6,13H,7-12H2,1-2H3,(H,20,23). The molecule has 0 spiro atoms. The summed E-state index contributed by atoms with van der Waals surface area (Å²) in [6.07, 6.45) is 1.25. The zero-order chi connectivity index (χ0) is 17.3. The van der Waals surface area contributed by atoms with E-state index in [4.69, 9.17) is 0 Å². The predicted molar refractivity (Wildman–Crippen MR) is 90.1 cm³/mol. The quantitative estimate of drug-likeness (QED) is 0.855. The highest BCUT2D eigenvalue weighted by Gasteiger charge is 2.58. The Morgan fingerprint density at radius 2 is 1.75 bits per heavy atom. The fourth-order valence-corrected chi connectivity index (χ4v) is 3.22. The number of nitrogens with zero attached hydrogens (tertiary/aromatic N) is 2. The Hall–Kier alpha value is -2.11. The van der Waals surface area contributed by atoms with Gasteiger partial charge in [-0.15, -0.1) is 0 Å². The van der Waals surface area contributed by atoms with Crippen molar-refractivity contribution in [1.82, 2.24) is 10.2 Å². The molecule has 2 fully saturated rings. The van der Waals surface area contributed by atoms with Crippen LogP contribution in [0.5, 0.6) is 0 Å². The molecular weight excluding hydrogens is 309 g/mol. The van der Waals surface area contributed by atoms with E-state index in [0.29, 0.717) is 44.7 Å². The fourth-order valence-electron chi connectivity index (χ4n) is 3.22. The van der Waals surface area contributed by atoms with Crippen LogP contribution in [0.15, 0.2) is 24.3 Å². The average Bonchev–Trinajstić information content (AvgIpc) is 3.36. The van der Waals surface area contributed by atoms with Crippen LogP contribution in [-0.4, -0.2) is 48.9 Å². The van der Waals surface area contributed by atoms with Gasteiger partial charge in [0.05, 0.1) is 5.69 Å². The van der Waals surface area contributed by atoms with Gasteiger partial charge < -0.3 is 15.1 Å². The summed E-state index contributed by atoms with van der Waals surface area (Å²) in [7, 11) is 0. The molecule has 2 amide bonds. The van der Waals surface area contributed by atoms with E-state index in [-0.39, 0.29) is 23.7 Å². The van der Waals surface area contributed by atoms with Crippen LogP contribution >= 0.6 is 0 Å². The lowest BCUT2D eigenvalue weighted by atomic mass is 10.0. The zero-order valence-electron chi connectivity index (χ0n) is 14.2. The number of amides is 2. The second-order valence-corrected chi connectivity index (χ2v) is 6.94. The van der Waals surface area contributed by atoms with Crippen LogP contribution < -0.4 is 10.2 Å². The van der Waals surface area contributed by atoms with Gasteiger partial charge in [-0.05, 0) is 38.8 Å². The lowest BCUT2D eigenvalue weighted by Gasteiger charge is -2.37. The second kappa shape index (κ2) is 6.42. The number of halogens is 1. The van der Waals surface area contributed by atoms with Gasteiger partial charge in [0.15, 0.2) is 0 Å². The van der Waals surface area contributed by atoms with Gasteiger partial charge in [-0.1, -0.05) is 12.1 Å². The molecule has 0 bridgehead atoms. The highest BCUT2D eigenvalue weighted by Crippen LogP contribution is 2.47. The molecule has 0 unspecified atom stereocenters. The third kappa shape index (κ3) is 3.09. The molecular formula is C18H24FN3O2. The number of benzene rings is 1. The van der Waals surface area contributed by atoms with Gasteiger partial charge >= 0.3 is 0 Å². The van der Waals surface area contributed by atoms with Crippen LogP contribution in [0.25, 0.3) is 0 Å². The summed E-state index contributed by atoms with van der Waals surface area (Å²) in [6, 6.07) is 6.71. The molecule has 1 aromatic carbocycles. The molecule has 3 rings (SSSR count). The maximum absolute atomic E-state index is 13.9. The monoisotopic (exact) mass is 333 g/mol. The minimum Gasteiger partial charge on any atom is -0.366 e. The van der Waals surface area contributed by atoms with Gasteiger partial charge in [-0.25, -0.2) is 4.39 Å². The van der Waals surface area contributed by atoms with Gasteiger partial charge in [0, 0.05) is 32.2 Å². The van der Waals surface area contributed by atoms with E-state index >= 15 is 0 Å². The van der Waals surface area contributed by atoms with E-state index in [0.717, 1.165) is 0 Å². The summed E-state index contributed by atoms with van der Waals surface area (Å²) < 4.78 is 13.9. The zero-order valence-corrected chi connectivity index (χ0v) is 14.2. The van der Waals surface area contributed by atoms with E-state index in [1.807, 2.05) is 24.8 Å². The van der Waals surface area contributed by atoms with Gasteiger partial charge in [0.1, 0.15) is 11.2 Å². The van der Waals surface area contributed by atoms with Crippen LogP contribution in [0.2, 0.25) is 0 Å². The number of piperazine rings is 1. The van der Waals surface area contributed by atoms with Crippen molar-refractivity contribution in [3.63, 3.8) is 0 Å². The highest BCUT2D eigenvalue weighted by atomic mass is 19.1. The van der Waals surface area contributed by atoms with E-state index in [9.17, 15) is 14.0 Å². The molecule has 1 N–H and O–H groups in total. The van der Waals surface area contributed by atoms with Gasteiger partial charge in [0.25, 0.3) is 0 Å². The Morgan fingerprint density at radius 1 is 1.12 bits per heavy atom. The summed E-state index contributed by atoms with van der Waals surface area (Å²) >= 11 is 0. The molecule has 0 aromatic heterocycles.